The molecule has 1 heterocycles. The molecule has 2 aromatic rings. The number of hydrogen-bond acceptors (Lipinski definition) is 2. The van der Waals surface area contributed by atoms with Gasteiger partial charge in [-0.05, 0) is 49.9 Å². The van der Waals surface area contributed by atoms with E-state index in [1.165, 1.54) is 11.6 Å². The summed E-state index contributed by atoms with van der Waals surface area (Å²) in [5.41, 5.74) is 2.11. The van der Waals surface area contributed by atoms with Gasteiger partial charge in [0.25, 0.3) is 0 Å². The van der Waals surface area contributed by atoms with Gasteiger partial charge in [0.2, 0.25) is 0 Å². The monoisotopic (exact) mass is 367 g/mol. The van der Waals surface area contributed by atoms with E-state index in [0.717, 1.165) is 30.7 Å². The van der Waals surface area contributed by atoms with Crippen LogP contribution in [0.15, 0.2) is 35.5 Å². The summed E-state index contributed by atoms with van der Waals surface area (Å²) in [6.45, 7) is 5.49. The van der Waals surface area contributed by atoms with Crippen LogP contribution in [-0.2, 0) is 19.1 Å². The molecule has 0 saturated heterocycles. The van der Waals surface area contributed by atoms with Crippen LogP contribution in [0, 0.1) is 6.92 Å². The maximum atomic E-state index is 12.8. The van der Waals surface area contributed by atoms with Gasteiger partial charge in [-0.25, -0.2) is 4.99 Å². The fraction of sp³-hybridized carbons (Fsp3) is 0.444. The van der Waals surface area contributed by atoms with Crippen molar-refractivity contribution in [2.24, 2.45) is 4.99 Å². The number of H-pyrrole nitrogens is 1. The minimum Gasteiger partial charge on any atom is -0.357 e. The summed E-state index contributed by atoms with van der Waals surface area (Å²) in [7, 11) is 0. The van der Waals surface area contributed by atoms with Gasteiger partial charge < -0.3 is 10.6 Å². The Bertz CT molecular complexity index is 722. The number of rotatable bonds is 7. The lowest BCUT2D eigenvalue weighted by Crippen LogP contribution is -2.37. The highest BCUT2D eigenvalue weighted by molar-refractivity contribution is 5.79. The van der Waals surface area contributed by atoms with Crippen molar-refractivity contribution in [2.75, 3.05) is 13.1 Å². The molecule has 8 heteroatoms. The standard InChI is InChI=1S/C18H24F3N5/c1-3-22-17(23-9-5-7-15-12-25-26-13(15)2)24-11-14-6-4-8-16(10-14)18(19,20)21/h4,6,8,10,12H,3,5,7,9,11H2,1-2H3,(H,25,26)(H2,22,23,24). The van der Waals surface area contributed by atoms with Crippen molar-refractivity contribution in [1.82, 2.24) is 20.8 Å². The van der Waals surface area contributed by atoms with E-state index in [0.29, 0.717) is 24.6 Å². The zero-order valence-electron chi connectivity index (χ0n) is 15.0. The molecular weight excluding hydrogens is 343 g/mol. The third-order valence-electron chi connectivity index (χ3n) is 3.87. The molecule has 0 amide bonds. The lowest BCUT2D eigenvalue weighted by atomic mass is 10.1. The molecule has 1 aromatic carbocycles. The van der Waals surface area contributed by atoms with Crippen LogP contribution < -0.4 is 10.6 Å². The van der Waals surface area contributed by atoms with Crippen molar-refractivity contribution < 1.29 is 13.2 Å². The van der Waals surface area contributed by atoms with E-state index in [1.807, 2.05) is 20.0 Å². The Hall–Kier alpha value is -2.51. The first-order valence-electron chi connectivity index (χ1n) is 8.57. The molecule has 0 saturated carbocycles. The number of guanidine groups is 1. The van der Waals surface area contributed by atoms with Crippen molar-refractivity contribution >= 4 is 5.96 Å². The Morgan fingerprint density at radius 1 is 1.27 bits per heavy atom. The predicted molar refractivity (Wildman–Crippen MR) is 95.9 cm³/mol. The topological polar surface area (TPSA) is 65.1 Å². The summed E-state index contributed by atoms with van der Waals surface area (Å²) in [5.74, 6) is 0.592. The van der Waals surface area contributed by atoms with E-state index >= 15 is 0 Å². The molecule has 142 valence electrons. The third-order valence-corrected chi connectivity index (χ3v) is 3.87. The molecule has 26 heavy (non-hydrogen) atoms. The minimum absolute atomic E-state index is 0.181. The average Bonchev–Trinajstić information content (AvgIpc) is 3.01. The number of nitrogens with zero attached hydrogens (tertiary/aromatic N) is 2. The number of aliphatic imine (C=N–C) groups is 1. The number of hydrogen-bond donors (Lipinski definition) is 3. The zero-order chi connectivity index (χ0) is 19.0. The molecule has 0 radical (unpaired) electrons. The SMILES string of the molecule is CCNC(=NCc1cccc(C(F)(F)F)c1)NCCCc1cn[nH]c1C. The van der Waals surface area contributed by atoms with Crippen LogP contribution in [0.1, 0.15) is 35.7 Å². The normalized spacial score (nSPS) is 12.3. The Morgan fingerprint density at radius 3 is 2.73 bits per heavy atom. The van der Waals surface area contributed by atoms with Gasteiger partial charge in [-0.2, -0.15) is 18.3 Å². The van der Waals surface area contributed by atoms with Crippen LogP contribution in [0.2, 0.25) is 0 Å². The van der Waals surface area contributed by atoms with Crippen LogP contribution in [0.25, 0.3) is 0 Å². The number of aromatic amines is 1. The molecule has 0 unspecified atom stereocenters. The first-order chi connectivity index (χ1) is 12.4. The molecule has 0 bridgehead atoms. The quantitative estimate of drug-likeness (QED) is 0.399. The fourth-order valence-electron chi connectivity index (χ4n) is 2.47. The smallest absolute Gasteiger partial charge is 0.357 e. The number of alkyl halides is 3. The second-order valence-corrected chi connectivity index (χ2v) is 5.94. The van der Waals surface area contributed by atoms with Gasteiger partial charge in [-0.1, -0.05) is 12.1 Å². The first kappa shape index (κ1) is 19.8. The summed E-state index contributed by atoms with van der Waals surface area (Å²) < 4.78 is 38.3. The summed E-state index contributed by atoms with van der Waals surface area (Å²) in [4.78, 5) is 4.37. The Kier molecular flexibility index (Phi) is 7.06. The second-order valence-electron chi connectivity index (χ2n) is 5.94. The molecule has 2 rings (SSSR count). The van der Waals surface area contributed by atoms with Gasteiger partial charge in [0.05, 0.1) is 18.3 Å². The van der Waals surface area contributed by atoms with Crippen LogP contribution in [0.5, 0.6) is 0 Å². The highest BCUT2D eigenvalue weighted by Crippen LogP contribution is 2.29. The molecule has 0 atom stereocenters. The van der Waals surface area contributed by atoms with Crippen LogP contribution in [0.4, 0.5) is 13.2 Å². The van der Waals surface area contributed by atoms with E-state index in [1.54, 1.807) is 6.07 Å². The Labute approximate surface area is 151 Å². The van der Waals surface area contributed by atoms with E-state index in [-0.39, 0.29) is 6.54 Å². The zero-order valence-corrected chi connectivity index (χ0v) is 15.0. The lowest BCUT2D eigenvalue weighted by Gasteiger charge is -2.12. The van der Waals surface area contributed by atoms with E-state index in [2.05, 4.69) is 25.8 Å². The minimum atomic E-state index is -4.34. The average molecular weight is 367 g/mol. The van der Waals surface area contributed by atoms with Crippen LogP contribution in [0.3, 0.4) is 0 Å². The van der Waals surface area contributed by atoms with E-state index in [4.69, 9.17) is 0 Å². The van der Waals surface area contributed by atoms with Crippen molar-refractivity contribution in [3.05, 3.63) is 52.8 Å². The first-order valence-corrected chi connectivity index (χ1v) is 8.57. The third kappa shape index (κ3) is 6.09. The van der Waals surface area contributed by atoms with Gasteiger partial charge in [0.15, 0.2) is 5.96 Å². The molecule has 0 spiro atoms. The molecule has 0 aliphatic carbocycles. The van der Waals surface area contributed by atoms with Crippen molar-refractivity contribution in [2.45, 2.75) is 39.4 Å². The molecule has 1 aromatic heterocycles. The summed E-state index contributed by atoms with van der Waals surface area (Å²) in [6.07, 6.45) is -0.729. The predicted octanol–water partition coefficient (Wildman–Crippen LogP) is 3.42. The molecule has 0 aliphatic rings. The highest BCUT2D eigenvalue weighted by Gasteiger charge is 2.30. The van der Waals surface area contributed by atoms with Gasteiger partial charge in [0, 0.05) is 18.8 Å². The maximum absolute atomic E-state index is 12.8. The van der Waals surface area contributed by atoms with Crippen molar-refractivity contribution in [1.29, 1.82) is 0 Å². The van der Waals surface area contributed by atoms with E-state index in [9.17, 15) is 13.2 Å². The number of aromatic nitrogens is 2. The fourth-order valence-corrected chi connectivity index (χ4v) is 2.47. The van der Waals surface area contributed by atoms with Crippen LogP contribution >= 0.6 is 0 Å². The van der Waals surface area contributed by atoms with Crippen LogP contribution in [-0.4, -0.2) is 29.2 Å². The van der Waals surface area contributed by atoms with E-state index < -0.39 is 11.7 Å². The molecule has 0 aliphatic heterocycles. The Balaban J connectivity index is 1.89. The van der Waals surface area contributed by atoms with Crippen molar-refractivity contribution in [3.8, 4) is 0 Å². The van der Waals surface area contributed by atoms with Gasteiger partial charge in [-0.3, -0.25) is 5.10 Å². The van der Waals surface area contributed by atoms with Gasteiger partial charge >= 0.3 is 6.18 Å². The highest BCUT2D eigenvalue weighted by atomic mass is 19.4. The van der Waals surface area contributed by atoms with Gasteiger partial charge in [-0.15, -0.1) is 0 Å². The lowest BCUT2D eigenvalue weighted by molar-refractivity contribution is -0.137. The molecule has 5 nitrogen and oxygen atoms in total. The molecule has 3 N–H and O–H groups in total. The molecular formula is C18H24F3N5. The number of aryl methyl sites for hydroxylation is 2. The van der Waals surface area contributed by atoms with Crippen molar-refractivity contribution in [3.63, 3.8) is 0 Å². The van der Waals surface area contributed by atoms with Gasteiger partial charge in [0.1, 0.15) is 0 Å². The summed E-state index contributed by atoms with van der Waals surface area (Å²) >= 11 is 0. The Morgan fingerprint density at radius 2 is 2.08 bits per heavy atom. The summed E-state index contributed by atoms with van der Waals surface area (Å²) in [6, 6.07) is 5.24. The molecule has 0 fully saturated rings. The largest absolute Gasteiger partial charge is 0.416 e. The number of benzene rings is 1. The number of halogens is 3. The number of nitrogens with one attached hydrogen (secondary N) is 3. The second kappa shape index (κ2) is 9.26. The summed E-state index contributed by atoms with van der Waals surface area (Å²) in [5, 5.41) is 13.2. The maximum Gasteiger partial charge on any atom is 0.416 e.